The van der Waals surface area contributed by atoms with Crippen LogP contribution in [-0.4, -0.2) is 84.3 Å². The largest absolute Gasteiger partial charge is 0.497 e. The molecule has 1 N–H and O–H groups in total. The van der Waals surface area contributed by atoms with E-state index in [1.54, 1.807) is 16.9 Å². The van der Waals surface area contributed by atoms with Crippen LogP contribution in [0.15, 0.2) is 48.5 Å². The lowest BCUT2D eigenvalue weighted by molar-refractivity contribution is -0.137. The van der Waals surface area contributed by atoms with E-state index in [0.717, 1.165) is 5.56 Å². The summed E-state index contributed by atoms with van der Waals surface area (Å²) >= 11 is 0. The molecule has 4 rings (SSSR count). The smallest absolute Gasteiger partial charge is 0.254 e. The summed E-state index contributed by atoms with van der Waals surface area (Å²) in [5, 5.41) is 3.25. The molecule has 0 bridgehead atoms. The average Bonchev–Trinajstić information content (AvgIpc) is 3.36. The maximum atomic E-state index is 13.7. The molecule has 0 aliphatic carbocycles. The molecule has 0 aromatic heterocycles. The van der Waals surface area contributed by atoms with E-state index in [9.17, 15) is 18.8 Å². The highest BCUT2D eigenvalue weighted by atomic mass is 19.1. The number of methoxy groups -OCH3 is 1. The molecule has 210 valence electrons. The van der Waals surface area contributed by atoms with Crippen LogP contribution in [0.25, 0.3) is 0 Å². The van der Waals surface area contributed by atoms with Crippen molar-refractivity contribution in [2.75, 3.05) is 39.8 Å². The Labute approximate surface area is 230 Å². The summed E-state index contributed by atoms with van der Waals surface area (Å²) in [7, 11) is 1.60. The number of likely N-dealkylation sites (tertiary alicyclic amines) is 1. The first kappa shape index (κ1) is 28.5. The number of nitrogens with zero attached hydrogens (tertiary/aromatic N) is 3. The Hall–Kier alpha value is -3.46. The van der Waals surface area contributed by atoms with E-state index in [4.69, 9.17) is 4.74 Å². The summed E-state index contributed by atoms with van der Waals surface area (Å²) in [6.07, 6.45) is 0.672. The molecule has 2 fully saturated rings. The predicted octanol–water partition coefficient (Wildman–Crippen LogP) is 3.31. The van der Waals surface area contributed by atoms with Crippen molar-refractivity contribution in [3.8, 4) is 5.75 Å². The number of carbonyl (C=O) groups is 3. The third-order valence-electron chi connectivity index (χ3n) is 7.27. The third kappa shape index (κ3) is 7.15. The summed E-state index contributed by atoms with van der Waals surface area (Å²) in [5.41, 5.74) is 0.988. The summed E-state index contributed by atoms with van der Waals surface area (Å²) in [6.45, 7) is 9.13. The Morgan fingerprint density at radius 2 is 1.77 bits per heavy atom. The first-order valence-corrected chi connectivity index (χ1v) is 13.5. The lowest BCUT2D eigenvalue weighted by Gasteiger charge is -2.32. The number of carbonyl (C=O) groups excluding carboxylic acids is 3. The molecule has 2 aliphatic rings. The molecule has 0 spiro atoms. The Morgan fingerprint density at radius 1 is 1.08 bits per heavy atom. The fourth-order valence-electron chi connectivity index (χ4n) is 5.30. The maximum absolute atomic E-state index is 13.7. The van der Waals surface area contributed by atoms with Gasteiger partial charge in [0.2, 0.25) is 11.8 Å². The highest BCUT2D eigenvalue weighted by molar-refractivity contribution is 5.98. The number of amides is 3. The van der Waals surface area contributed by atoms with Crippen molar-refractivity contribution in [3.63, 3.8) is 0 Å². The van der Waals surface area contributed by atoms with Crippen LogP contribution in [0.4, 0.5) is 4.39 Å². The van der Waals surface area contributed by atoms with Gasteiger partial charge in [-0.3, -0.25) is 14.4 Å². The molecule has 2 aromatic rings. The average molecular weight is 539 g/mol. The number of piperazine rings is 1. The zero-order valence-electron chi connectivity index (χ0n) is 23.3. The van der Waals surface area contributed by atoms with Gasteiger partial charge in [-0.15, -0.1) is 0 Å². The van der Waals surface area contributed by atoms with E-state index >= 15 is 0 Å². The van der Waals surface area contributed by atoms with E-state index in [1.807, 2.05) is 49.9 Å². The molecule has 2 aliphatic heterocycles. The molecule has 9 heteroatoms. The van der Waals surface area contributed by atoms with E-state index in [2.05, 4.69) is 5.32 Å². The van der Waals surface area contributed by atoms with Crippen LogP contribution in [0.3, 0.4) is 0 Å². The summed E-state index contributed by atoms with van der Waals surface area (Å²) in [6, 6.07) is 11.9. The Morgan fingerprint density at radius 3 is 2.41 bits per heavy atom. The van der Waals surface area contributed by atoms with Gasteiger partial charge in [0.25, 0.3) is 5.91 Å². The monoisotopic (exact) mass is 538 g/mol. The zero-order chi connectivity index (χ0) is 28.2. The van der Waals surface area contributed by atoms with E-state index in [-0.39, 0.29) is 35.7 Å². The molecule has 3 amide bonds. The molecule has 0 radical (unpaired) electrons. The number of ether oxygens (including phenoxy) is 1. The van der Waals surface area contributed by atoms with Crippen LogP contribution in [0, 0.1) is 11.2 Å². The molecule has 2 atom stereocenters. The van der Waals surface area contributed by atoms with Crippen LogP contribution in [0.1, 0.15) is 49.5 Å². The van der Waals surface area contributed by atoms with Crippen molar-refractivity contribution >= 4 is 17.7 Å². The van der Waals surface area contributed by atoms with Crippen LogP contribution in [0.5, 0.6) is 5.75 Å². The first-order chi connectivity index (χ1) is 18.6. The quantitative estimate of drug-likeness (QED) is 0.585. The third-order valence-corrected chi connectivity index (χ3v) is 7.27. The summed E-state index contributed by atoms with van der Waals surface area (Å²) < 4.78 is 19.0. The van der Waals surface area contributed by atoms with Crippen LogP contribution in [0.2, 0.25) is 0 Å². The zero-order valence-corrected chi connectivity index (χ0v) is 23.3. The summed E-state index contributed by atoms with van der Waals surface area (Å²) in [5.74, 6) is -0.215. The standard InChI is InChI=1S/C30H39FN4O4/c1-30(2,3)18-27(36)34(19-21-6-5-7-25(16-21)39-4)24-17-26(29(38)33-14-12-32-13-15-33)35(20-24)28(37)22-8-10-23(31)11-9-22/h5-11,16,24,26,32H,12-15,17-20H2,1-4H3. The van der Waals surface area contributed by atoms with Gasteiger partial charge in [0.05, 0.1) is 13.2 Å². The van der Waals surface area contributed by atoms with Crippen molar-refractivity contribution < 1.29 is 23.5 Å². The Kier molecular flexibility index (Phi) is 8.90. The van der Waals surface area contributed by atoms with Crippen molar-refractivity contribution in [3.05, 3.63) is 65.5 Å². The van der Waals surface area contributed by atoms with Gasteiger partial charge in [0.15, 0.2) is 0 Å². The van der Waals surface area contributed by atoms with E-state index in [1.165, 1.54) is 24.3 Å². The van der Waals surface area contributed by atoms with Gasteiger partial charge in [0, 0.05) is 51.3 Å². The van der Waals surface area contributed by atoms with E-state index in [0.29, 0.717) is 56.9 Å². The molecular weight excluding hydrogens is 499 g/mol. The number of nitrogens with one attached hydrogen (secondary N) is 1. The minimum Gasteiger partial charge on any atom is -0.497 e. The molecule has 2 unspecified atom stereocenters. The van der Waals surface area contributed by atoms with Gasteiger partial charge in [0.1, 0.15) is 17.6 Å². The van der Waals surface area contributed by atoms with Crippen molar-refractivity contribution in [2.24, 2.45) is 5.41 Å². The SMILES string of the molecule is COc1cccc(CN(C(=O)CC(C)(C)C)C2CC(C(=O)N3CCNCC3)N(C(=O)c3ccc(F)cc3)C2)c1. The topological polar surface area (TPSA) is 82.2 Å². The Bertz CT molecular complexity index is 1170. The van der Waals surface area contributed by atoms with Gasteiger partial charge in [-0.2, -0.15) is 0 Å². The molecule has 0 saturated carbocycles. The van der Waals surface area contributed by atoms with Crippen LogP contribution < -0.4 is 10.1 Å². The second kappa shape index (κ2) is 12.2. The number of rotatable bonds is 7. The normalized spacial score (nSPS) is 19.6. The maximum Gasteiger partial charge on any atom is 0.254 e. The fourth-order valence-corrected chi connectivity index (χ4v) is 5.30. The highest BCUT2D eigenvalue weighted by Gasteiger charge is 2.45. The lowest BCUT2D eigenvalue weighted by Crippen LogP contribution is -2.53. The number of hydrogen-bond acceptors (Lipinski definition) is 5. The van der Waals surface area contributed by atoms with Crippen molar-refractivity contribution in [1.82, 2.24) is 20.0 Å². The first-order valence-electron chi connectivity index (χ1n) is 13.5. The molecule has 2 heterocycles. The van der Waals surface area contributed by atoms with Crippen LogP contribution in [-0.2, 0) is 16.1 Å². The van der Waals surface area contributed by atoms with Crippen molar-refractivity contribution in [2.45, 2.75) is 52.2 Å². The molecule has 8 nitrogen and oxygen atoms in total. The Balaban J connectivity index is 1.66. The molecule has 2 saturated heterocycles. The van der Waals surface area contributed by atoms with Crippen molar-refractivity contribution in [1.29, 1.82) is 0 Å². The minimum absolute atomic E-state index is 0.0280. The summed E-state index contributed by atoms with van der Waals surface area (Å²) in [4.78, 5) is 46.3. The molecule has 39 heavy (non-hydrogen) atoms. The van der Waals surface area contributed by atoms with Gasteiger partial charge in [-0.25, -0.2) is 4.39 Å². The van der Waals surface area contributed by atoms with Gasteiger partial charge >= 0.3 is 0 Å². The second-order valence-electron chi connectivity index (χ2n) is 11.6. The molecule has 2 aromatic carbocycles. The van der Waals surface area contributed by atoms with Gasteiger partial charge < -0.3 is 24.8 Å². The number of benzene rings is 2. The molecular formula is C30H39FN4O4. The highest BCUT2D eigenvalue weighted by Crippen LogP contribution is 2.30. The van der Waals surface area contributed by atoms with Crippen LogP contribution >= 0.6 is 0 Å². The predicted molar refractivity (Wildman–Crippen MR) is 147 cm³/mol. The second-order valence-corrected chi connectivity index (χ2v) is 11.6. The number of hydrogen-bond donors (Lipinski definition) is 1. The van der Waals surface area contributed by atoms with Gasteiger partial charge in [-0.05, 0) is 53.8 Å². The van der Waals surface area contributed by atoms with E-state index < -0.39 is 11.9 Å². The van der Waals surface area contributed by atoms with Gasteiger partial charge in [-0.1, -0.05) is 32.9 Å². The fraction of sp³-hybridized carbons (Fsp3) is 0.500. The lowest BCUT2D eigenvalue weighted by atomic mass is 9.91. The number of halogens is 1. The minimum atomic E-state index is -0.708.